The third-order valence-corrected chi connectivity index (χ3v) is 4.33. The summed E-state index contributed by atoms with van der Waals surface area (Å²) in [6.07, 6.45) is 4.13. The monoisotopic (exact) mass is 308 g/mol. The summed E-state index contributed by atoms with van der Waals surface area (Å²) in [4.78, 5) is 18.7. The molecule has 1 saturated carbocycles. The van der Waals surface area contributed by atoms with Crippen LogP contribution in [0.2, 0.25) is 0 Å². The topological polar surface area (TPSA) is 80.3 Å². The van der Waals surface area contributed by atoms with Gasteiger partial charge in [-0.3, -0.25) is 9.89 Å². The van der Waals surface area contributed by atoms with Gasteiger partial charge in [-0.1, -0.05) is 12.8 Å². The number of carbonyl (C=O) groups is 1. The van der Waals surface area contributed by atoms with Crippen molar-refractivity contribution >= 4 is 5.91 Å². The molecule has 7 heteroatoms. The van der Waals surface area contributed by atoms with Crippen molar-refractivity contribution in [2.24, 2.45) is 0 Å². The first-order valence-corrected chi connectivity index (χ1v) is 8.08. The minimum Gasteiger partial charge on any atom is -0.366 e. The van der Waals surface area contributed by atoms with Crippen LogP contribution in [0.4, 0.5) is 0 Å². The van der Waals surface area contributed by atoms with Gasteiger partial charge in [0.1, 0.15) is 18.0 Å². The van der Waals surface area contributed by atoms with E-state index in [0.717, 1.165) is 18.7 Å². The Balaban J connectivity index is 1.57. The number of rotatable bonds is 4. The van der Waals surface area contributed by atoms with Crippen molar-refractivity contribution in [2.45, 2.75) is 57.8 Å². The molecule has 22 heavy (non-hydrogen) atoms. The lowest BCUT2D eigenvalue weighted by Crippen LogP contribution is -2.47. The fourth-order valence-electron chi connectivity index (χ4n) is 3.14. The molecule has 2 atom stereocenters. The summed E-state index contributed by atoms with van der Waals surface area (Å²) in [5.74, 6) is 1.40. The number of nitrogens with one attached hydrogen (secondary N) is 1. The molecule has 1 aromatic heterocycles. The summed E-state index contributed by atoms with van der Waals surface area (Å²) in [6, 6.07) is 0. The first-order chi connectivity index (χ1) is 10.6. The van der Waals surface area contributed by atoms with E-state index in [2.05, 4.69) is 15.2 Å². The molecule has 1 aromatic rings. The number of hydrogen-bond acceptors (Lipinski definition) is 5. The van der Waals surface area contributed by atoms with Crippen molar-refractivity contribution in [3.8, 4) is 0 Å². The molecule has 2 heterocycles. The summed E-state index contributed by atoms with van der Waals surface area (Å²) >= 11 is 0. The van der Waals surface area contributed by atoms with Crippen molar-refractivity contribution in [1.29, 1.82) is 0 Å². The first kappa shape index (κ1) is 15.4. The van der Waals surface area contributed by atoms with Crippen LogP contribution < -0.4 is 0 Å². The molecule has 1 saturated heterocycles. The maximum absolute atomic E-state index is 12.6. The number of aryl methyl sites for hydroxylation is 1. The van der Waals surface area contributed by atoms with Crippen LogP contribution in [0.3, 0.4) is 0 Å². The Kier molecular flexibility index (Phi) is 4.73. The zero-order valence-electron chi connectivity index (χ0n) is 13.2. The Bertz CT molecular complexity index is 513. The number of morpholine rings is 1. The zero-order chi connectivity index (χ0) is 15.5. The zero-order valence-corrected chi connectivity index (χ0v) is 13.2. The maximum atomic E-state index is 12.6. The van der Waals surface area contributed by atoms with Gasteiger partial charge in [0.15, 0.2) is 5.82 Å². The van der Waals surface area contributed by atoms with Gasteiger partial charge in [0, 0.05) is 6.54 Å². The van der Waals surface area contributed by atoms with Crippen LogP contribution in [0.1, 0.15) is 50.4 Å². The van der Waals surface area contributed by atoms with E-state index in [-0.39, 0.29) is 18.1 Å². The number of H-pyrrole nitrogens is 1. The molecule has 3 rings (SSSR count). The molecule has 1 N–H and O–H groups in total. The average molecular weight is 308 g/mol. The largest absolute Gasteiger partial charge is 0.366 e. The normalized spacial score (nSPS) is 24.6. The van der Waals surface area contributed by atoms with Gasteiger partial charge in [-0.15, -0.1) is 0 Å². The lowest BCUT2D eigenvalue weighted by molar-refractivity contribution is -0.153. The summed E-state index contributed by atoms with van der Waals surface area (Å²) in [6.45, 7) is 5.27. The van der Waals surface area contributed by atoms with Gasteiger partial charge in [0.2, 0.25) is 0 Å². The second-order valence-corrected chi connectivity index (χ2v) is 6.11. The summed E-state index contributed by atoms with van der Waals surface area (Å²) in [7, 11) is 0. The molecule has 0 spiro atoms. The lowest BCUT2D eigenvalue weighted by Gasteiger charge is -2.33. The van der Waals surface area contributed by atoms with Gasteiger partial charge < -0.3 is 14.4 Å². The summed E-state index contributed by atoms with van der Waals surface area (Å²) in [5.41, 5.74) is 0. The van der Waals surface area contributed by atoms with Gasteiger partial charge in [-0.25, -0.2) is 4.98 Å². The predicted molar refractivity (Wildman–Crippen MR) is 79.2 cm³/mol. The first-order valence-electron chi connectivity index (χ1n) is 8.08. The number of carbonyl (C=O) groups excluding carboxylic acids is 1. The molecule has 122 valence electrons. The van der Waals surface area contributed by atoms with Crippen molar-refractivity contribution in [2.75, 3.05) is 19.7 Å². The second-order valence-electron chi connectivity index (χ2n) is 6.11. The van der Waals surface area contributed by atoms with Gasteiger partial charge in [-0.2, -0.15) is 5.10 Å². The number of hydrogen-bond donors (Lipinski definition) is 1. The molecule has 1 aliphatic heterocycles. The molecule has 0 bridgehead atoms. The van der Waals surface area contributed by atoms with Crippen LogP contribution in [0.25, 0.3) is 0 Å². The molecule has 1 amide bonds. The smallest absolute Gasteiger partial charge is 0.251 e. The van der Waals surface area contributed by atoms with Gasteiger partial charge in [0.25, 0.3) is 5.91 Å². The second kappa shape index (κ2) is 6.75. The van der Waals surface area contributed by atoms with Crippen molar-refractivity contribution in [3.05, 3.63) is 11.6 Å². The summed E-state index contributed by atoms with van der Waals surface area (Å²) in [5, 5.41) is 6.94. The van der Waals surface area contributed by atoms with Crippen molar-refractivity contribution in [1.82, 2.24) is 20.1 Å². The van der Waals surface area contributed by atoms with Crippen LogP contribution >= 0.6 is 0 Å². The highest BCUT2D eigenvalue weighted by atomic mass is 16.5. The van der Waals surface area contributed by atoms with Crippen molar-refractivity contribution in [3.63, 3.8) is 0 Å². The van der Waals surface area contributed by atoms with E-state index >= 15 is 0 Å². The Labute approximate surface area is 130 Å². The van der Waals surface area contributed by atoms with Crippen LogP contribution in [-0.4, -0.2) is 57.9 Å². The van der Waals surface area contributed by atoms with Gasteiger partial charge in [0.05, 0.1) is 19.3 Å². The van der Waals surface area contributed by atoms with E-state index in [1.165, 1.54) is 12.8 Å². The summed E-state index contributed by atoms with van der Waals surface area (Å²) < 4.78 is 11.6. The fraction of sp³-hybridized carbons (Fsp3) is 0.800. The highest BCUT2D eigenvalue weighted by Crippen LogP contribution is 2.24. The van der Waals surface area contributed by atoms with Gasteiger partial charge in [-0.05, 0) is 26.7 Å². The number of amides is 1. The number of ether oxygens (including phenoxy) is 2. The van der Waals surface area contributed by atoms with E-state index in [0.29, 0.717) is 25.5 Å². The Hall–Kier alpha value is -1.47. The minimum absolute atomic E-state index is 0.0347. The Morgan fingerprint density at radius 2 is 2.23 bits per heavy atom. The molecule has 0 radical (unpaired) electrons. The van der Waals surface area contributed by atoms with Crippen LogP contribution in [-0.2, 0) is 14.3 Å². The third-order valence-electron chi connectivity index (χ3n) is 4.33. The van der Waals surface area contributed by atoms with E-state index in [1.807, 2.05) is 13.8 Å². The highest BCUT2D eigenvalue weighted by Gasteiger charge is 2.31. The molecule has 0 unspecified atom stereocenters. The van der Waals surface area contributed by atoms with E-state index in [9.17, 15) is 4.79 Å². The molecular weight excluding hydrogens is 284 g/mol. The number of nitrogens with zero attached hydrogens (tertiary/aromatic N) is 3. The third kappa shape index (κ3) is 3.47. The quantitative estimate of drug-likeness (QED) is 0.908. The molecule has 0 aromatic carbocycles. The van der Waals surface area contributed by atoms with E-state index in [1.54, 1.807) is 4.90 Å². The van der Waals surface area contributed by atoms with Gasteiger partial charge >= 0.3 is 0 Å². The Morgan fingerprint density at radius 3 is 2.91 bits per heavy atom. The molecule has 7 nitrogen and oxygen atoms in total. The van der Waals surface area contributed by atoms with Crippen molar-refractivity contribution < 1.29 is 14.3 Å². The fourth-order valence-corrected chi connectivity index (χ4v) is 3.14. The minimum atomic E-state index is -0.393. The van der Waals surface area contributed by atoms with Crippen LogP contribution in [0.5, 0.6) is 0 Å². The van der Waals surface area contributed by atoms with Crippen LogP contribution in [0, 0.1) is 6.92 Å². The SMILES string of the molecule is Cc1nc([C@@H]2CN(C(=O)[C@H](C)OC3CCCC3)CCO2)n[nH]1. The highest BCUT2D eigenvalue weighted by molar-refractivity contribution is 5.80. The molecule has 2 fully saturated rings. The number of aromatic amines is 1. The van der Waals surface area contributed by atoms with E-state index in [4.69, 9.17) is 9.47 Å². The number of aromatic nitrogens is 3. The molecular formula is C15H24N4O3. The van der Waals surface area contributed by atoms with Crippen LogP contribution in [0.15, 0.2) is 0 Å². The molecule has 2 aliphatic rings. The average Bonchev–Trinajstić information content (AvgIpc) is 3.18. The Morgan fingerprint density at radius 1 is 1.45 bits per heavy atom. The maximum Gasteiger partial charge on any atom is 0.251 e. The van der Waals surface area contributed by atoms with E-state index < -0.39 is 6.10 Å². The predicted octanol–water partition coefficient (Wildman–Crippen LogP) is 1.36. The lowest BCUT2D eigenvalue weighted by atomic mass is 10.2. The standard InChI is InChI=1S/C15H24N4O3/c1-10(22-12-5-3-4-6-12)15(20)19-7-8-21-13(9-19)14-16-11(2)17-18-14/h10,12-13H,3-9H2,1-2H3,(H,16,17,18)/t10-,13-/m0/s1. The molecule has 1 aliphatic carbocycles.